The minimum absolute atomic E-state index is 0.0149. The Balaban J connectivity index is 1.71. The van der Waals surface area contributed by atoms with Crippen molar-refractivity contribution in [1.82, 2.24) is 4.57 Å². The zero-order valence-electron chi connectivity index (χ0n) is 18.3. The number of aromatic nitrogens is 1. The fourth-order valence-corrected chi connectivity index (χ4v) is 4.79. The van der Waals surface area contributed by atoms with E-state index in [4.69, 9.17) is 9.47 Å². The van der Waals surface area contributed by atoms with Crippen LogP contribution in [0.15, 0.2) is 42.6 Å². The van der Waals surface area contributed by atoms with Crippen molar-refractivity contribution < 1.29 is 24.1 Å². The normalized spacial score (nSPS) is 21.4. The second-order valence-electron chi connectivity index (χ2n) is 8.66. The first-order chi connectivity index (χ1) is 15.4. The van der Waals surface area contributed by atoms with Crippen LogP contribution in [0.3, 0.4) is 0 Å². The topological polar surface area (TPSA) is 63.9 Å². The van der Waals surface area contributed by atoms with Crippen molar-refractivity contribution in [3.05, 3.63) is 65.1 Å². The number of benzene rings is 2. The lowest BCUT2D eigenvalue weighted by Gasteiger charge is -2.33. The van der Waals surface area contributed by atoms with E-state index in [0.29, 0.717) is 30.6 Å². The Morgan fingerprint density at radius 3 is 2.69 bits per heavy atom. The van der Waals surface area contributed by atoms with Crippen LogP contribution in [0.1, 0.15) is 49.6 Å². The van der Waals surface area contributed by atoms with Crippen LogP contribution in [0.5, 0.6) is 5.75 Å². The number of halogens is 2. The molecule has 1 saturated heterocycles. The molecule has 1 aromatic heterocycles. The van der Waals surface area contributed by atoms with E-state index in [-0.39, 0.29) is 24.8 Å². The predicted molar refractivity (Wildman–Crippen MR) is 131 cm³/mol. The fourth-order valence-electron chi connectivity index (χ4n) is 4.32. The zero-order valence-corrected chi connectivity index (χ0v) is 20.5. The first-order valence-electron chi connectivity index (χ1n) is 11.0. The molecule has 0 saturated carbocycles. The van der Waals surface area contributed by atoms with Gasteiger partial charge in [0.25, 0.3) is 0 Å². The molecule has 0 amide bonds. The van der Waals surface area contributed by atoms with Crippen LogP contribution in [0.25, 0.3) is 10.9 Å². The molecule has 2 aromatic carbocycles. The van der Waals surface area contributed by atoms with E-state index in [0.717, 1.165) is 20.9 Å². The number of hydrogen-bond donors (Lipinski definition) is 2. The van der Waals surface area contributed by atoms with Crippen molar-refractivity contribution in [1.29, 1.82) is 0 Å². The molecule has 1 fully saturated rings. The SMILES string of the molecule is CC(C)Oc1ccc(Cc2cn([C@H]3C[C@@H](O)C[C@@H](CO)O3)c3cc(CI)ccc23)c(F)c1. The van der Waals surface area contributed by atoms with E-state index in [1.54, 1.807) is 12.1 Å². The monoisotopic (exact) mass is 553 g/mol. The first kappa shape index (κ1) is 23.5. The largest absolute Gasteiger partial charge is 0.491 e. The van der Waals surface area contributed by atoms with Crippen LogP contribution < -0.4 is 4.74 Å². The van der Waals surface area contributed by atoms with Gasteiger partial charge in [-0.05, 0) is 42.7 Å². The molecular weight excluding hydrogens is 524 g/mol. The fraction of sp³-hybridized carbons (Fsp3) is 0.440. The smallest absolute Gasteiger partial charge is 0.136 e. The molecule has 2 heterocycles. The lowest BCUT2D eigenvalue weighted by molar-refractivity contribution is -0.140. The quantitative estimate of drug-likeness (QED) is 0.315. The Morgan fingerprint density at radius 1 is 1.19 bits per heavy atom. The number of alkyl halides is 1. The molecule has 1 aliphatic rings. The van der Waals surface area contributed by atoms with Crippen LogP contribution in [0.2, 0.25) is 0 Å². The molecule has 4 rings (SSSR count). The van der Waals surface area contributed by atoms with Crippen molar-refractivity contribution in [3.8, 4) is 5.75 Å². The summed E-state index contributed by atoms with van der Waals surface area (Å²) in [6.07, 6.45) is 1.96. The van der Waals surface area contributed by atoms with Gasteiger partial charge in [-0.3, -0.25) is 0 Å². The van der Waals surface area contributed by atoms with Crippen LogP contribution in [0.4, 0.5) is 4.39 Å². The molecule has 3 aromatic rings. The van der Waals surface area contributed by atoms with Gasteiger partial charge in [0, 0.05) is 41.3 Å². The summed E-state index contributed by atoms with van der Waals surface area (Å²) in [6.45, 7) is 3.70. The highest BCUT2D eigenvalue weighted by atomic mass is 127. The van der Waals surface area contributed by atoms with E-state index in [1.165, 1.54) is 11.6 Å². The second-order valence-corrected chi connectivity index (χ2v) is 9.43. The van der Waals surface area contributed by atoms with Crippen LogP contribution in [0, 0.1) is 5.82 Å². The Bertz CT molecular complexity index is 1080. The zero-order chi connectivity index (χ0) is 22.8. The van der Waals surface area contributed by atoms with E-state index >= 15 is 0 Å². The van der Waals surface area contributed by atoms with Crippen molar-refractivity contribution in [2.45, 2.75) is 62.1 Å². The maximum Gasteiger partial charge on any atom is 0.136 e. The summed E-state index contributed by atoms with van der Waals surface area (Å²) in [7, 11) is 0. The third-order valence-corrected chi connectivity index (χ3v) is 6.67. The number of rotatable bonds is 7. The molecular formula is C25H29FINO4. The Morgan fingerprint density at radius 2 is 2.00 bits per heavy atom. The van der Waals surface area contributed by atoms with Gasteiger partial charge in [0.2, 0.25) is 0 Å². The number of aliphatic hydroxyl groups is 2. The number of ether oxygens (including phenoxy) is 2. The van der Waals surface area contributed by atoms with E-state index in [9.17, 15) is 14.6 Å². The Labute approximate surface area is 201 Å². The van der Waals surface area contributed by atoms with Crippen molar-refractivity contribution in [2.75, 3.05) is 6.61 Å². The van der Waals surface area contributed by atoms with Gasteiger partial charge in [-0.25, -0.2) is 4.39 Å². The molecule has 7 heteroatoms. The number of nitrogens with zero attached hydrogens (tertiary/aromatic N) is 1. The van der Waals surface area contributed by atoms with Gasteiger partial charge in [-0.2, -0.15) is 0 Å². The summed E-state index contributed by atoms with van der Waals surface area (Å²) < 4.78 is 29.4. The molecule has 0 unspecified atom stereocenters. The summed E-state index contributed by atoms with van der Waals surface area (Å²) in [5.74, 6) is 0.229. The standard InChI is InChI=1S/C25H29FINO4/c1-15(2)31-20-5-4-17(23(26)11-20)8-18-13-28(24-7-16(12-27)3-6-22(18)24)25-10-19(30)9-21(14-29)32-25/h3-7,11,13,15,19,21,25,29-30H,8-10,12,14H2,1-2H3/t19-,21-,25+/m0/s1. The van der Waals surface area contributed by atoms with E-state index in [2.05, 4.69) is 40.8 Å². The summed E-state index contributed by atoms with van der Waals surface area (Å²) in [4.78, 5) is 0. The van der Waals surface area contributed by atoms with E-state index in [1.807, 2.05) is 24.6 Å². The maximum absolute atomic E-state index is 14.8. The van der Waals surface area contributed by atoms with Gasteiger partial charge in [-0.15, -0.1) is 0 Å². The molecule has 32 heavy (non-hydrogen) atoms. The van der Waals surface area contributed by atoms with Gasteiger partial charge >= 0.3 is 0 Å². The average Bonchev–Trinajstić information content (AvgIpc) is 3.12. The highest BCUT2D eigenvalue weighted by molar-refractivity contribution is 14.1. The highest BCUT2D eigenvalue weighted by Crippen LogP contribution is 2.34. The molecule has 1 aliphatic heterocycles. The van der Waals surface area contributed by atoms with Crippen LogP contribution in [-0.2, 0) is 15.6 Å². The second kappa shape index (κ2) is 10.1. The number of aliphatic hydroxyl groups excluding tert-OH is 2. The molecule has 3 atom stereocenters. The predicted octanol–water partition coefficient (Wildman–Crippen LogP) is 5.12. The van der Waals surface area contributed by atoms with Gasteiger partial charge in [0.15, 0.2) is 0 Å². The number of hydrogen-bond acceptors (Lipinski definition) is 4. The average molecular weight is 553 g/mol. The molecule has 2 N–H and O–H groups in total. The molecule has 0 radical (unpaired) electrons. The molecule has 0 bridgehead atoms. The summed E-state index contributed by atoms with van der Waals surface area (Å²) in [5.41, 5.74) is 3.75. The summed E-state index contributed by atoms with van der Waals surface area (Å²) in [5, 5.41) is 20.9. The van der Waals surface area contributed by atoms with E-state index < -0.39 is 12.2 Å². The number of fused-ring (bicyclic) bond motifs is 1. The van der Waals surface area contributed by atoms with Gasteiger partial charge in [0.1, 0.15) is 17.8 Å². The van der Waals surface area contributed by atoms with Crippen molar-refractivity contribution >= 4 is 33.5 Å². The first-order valence-corrected chi connectivity index (χ1v) is 12.5. The van der Waals surface area contributed by atoms with Crippen LogP contribution in [-0.4, -0.2) is 39.7 Å². The molecule has 0 aliphatic carbocycles. The van der Waals surface area contributed by atoms with Gasteiger partial charge in [-0.1, -0.05) is 40.8 Å². The van der Waals surface area contributed by atoms with Gasteiger partial charge in [0.05, 0.1) is 30.4 Å². The molecule has 172 valence electrons. The molecule has 0 spiro atoms. The van der Waals surface area contributed by atoms with Gasteiger partial charge < -0.3 is 24.3 Å². The maximum atomic E-state index is 14.8. The third kappa shape index (κ3) is 5.11. The lowest BCUT2D eigenvalue weighted by atomic mass is 10.0. The van der Waals surface area contributed by atoms with Crippen LogP contribution >= 0.6 is 22.6 Å². The van der Waals surface area contributed by atoms with Crippen molar-refractivity contribution in [2.24, 2.45) is 0 Å². The molecule has 5 nitrogen and oxygen atoms in total. The van der Waals surface area contributed by atoms with Crippen molar-refractivity contribution in [3.63, 3.8) is 0 Å². The highest BCUT2D eigenvalue weighted by Gasteiger charge is 2.30. The Kier molecular flexibility index (Phi) is 7.39. The minimum Gasteiger partial charge on any atom is -0.491 e. The minimum atomic E-state index is -0.537. The Hall–Kier alpha value is -1.68. The lowest BCUT2D eigenvalue weighted by Crippen LogP contribution is -2.35. The third-order valence-electron chi connectivity index (χ3n) is 5.78. The summed E-state index contributed by atoms with van der Waals surface area (Å²) >= 11 is 2.33. The summed E-state index contributed by atoms with van der Waals surface area (Å²) in [6, 6.07) is 11.3.